The van der Waals surface area contributed by atoms with Crippen LogP contribution in [0.1, 0.15) is 31.2 Å². The summed E-state index contributed by atoms with van der Waals surface area (Å²) in [5.74, 6) is 1.44. The van der Waals surface area contributed by atoms with Gasteiger partial charge in [0.2, 0.25) is 5.91 Å². The molecule has 1 aromatic carbocycles. The number of likely N-dealkylation sites (tertiary alicyclic amines) is 1. The topological polar surface area (TPSA) is 32.3 Å². The molecule has 1 amide bonds. The van der Waals surface area contributed by atoms with Gasteiger partial charge in [-0.25, -0.2) is 4.39 Å². The molecule has 0 aromatic heterocycles. The normalized spacial score (nSPS) is 19.4. The summed E-state index contributed by atoms with van der Waals surface area (Å²) in [7, 11) is 0. The highest BCUT2D eigenvalue weighted by molar-refractivity contribution is 5.78. The Labute approximate surface area is 131 Å². The van der Waals surface area contributed by atoms with Gasteiger partial charge < -0.3 is 10.2 Å². The summed E-state index contributed by atoms with van der Waals surface area (Å²) >= 11 is 0. The first-order valence-electron chi connectivity index (χ1n) is 8.43. The van der Waals surface area contributed by atoms with E-state index in [0.29, 0.717) is 12.5 Å². The number of hydrogen-bond acceptors (Lipinski definition) is 2. The zero-order valence-electron chi connectivity index (χ0n) is 13.1. The molecule has 120 valence electrons. The van der Waals surface area contributed by atoms with Crippen molar-refractivity contribution in [2.75, 3.05) is 26.2 Å². The molecule has 2 fully saturated rings. The number of nitrogens with zero attached hydrogens (tertiary/aromatic N) is 1. The fraction of sp³-hybridized carbons (Fsp3) is 0.611. The SMILES string of the molecule is O=C(CNCC1CC1)N1CCC(Cc2cccc(F)c2)CC1. The highest BCUT2D eigenvalue weighted by atomic mass is 19.1. The van der Waals surface area contributed by atoms with Gasteiger partial charge in [-0.2, -0.15) is 0 Å². The van der Waals surface area contributed by atoms with Crippen LogP contribution in [0.2, 0.25) is 0 Å². The van der Waals surface area contributed by atoms with Gasteiger partial charge in [-0.3, -0.25) is 4.79 Å². The number of piperidine rings is 1. The minimum atomic E-state index is -0.160. The molecule has 1 aliphatic carbocycles. The molecule has 0 bridgehead atoms. The van der Waals surface area contributed by atoms with Crippen LogP contribution in [0.4, 0.5) is 4.39 Å². The predicted octanol–water partition coefficient (Wildman–Crippen LogP) is 2.61. The van der Waals surface area contributed by atoms with E-state index in [0.717, 1.165) is 50.4 Å². The molecule has 0 radical (unpaired) electrons. The molecule has 3 rings (SSSR count). The van der Waals surface area contributed by atoms with E-state index in [1.165, 1.54) is 18.9 Å². The lowest BCUT2D eigenvalue weighted by molar-refractivity contribution is -0.131. The smallest absolute Gasteiger partial charge is 0.236 e. The summed E-state index contributed by atoms with van der Waals surface area (Å²) in [5, 5.41) is 3.27. The second kappa shape index (κ2) is 7.23. The van der Waals surface area contributed by atoms with E-state index in [-0.39, 0.29) is 11.7 Å². The third kappa shape index (κ3) is 4.54. The molecule has 1 heterocycles. The van der Waals surface area contributed by atoms with Crippen LogP contribution >= 0.6 is 0 Å². The van der Waals surface area contributed by atoms with E-state index in [4.69, 9.17) is 0 Å². The zero-order valence-corrected chi connectivity index (χ0v) is 13.1. The van der Waals surface area contributed by atoms with Crippen molar-refractivity contribution < 1.29 is 9.18 Å². The van der Waals surface area contributed by atoms with Crippen LogP contribution in [0.15, 0.2) is 24.3 Å². The summed E-state index contributed by atoms with van der Waals surface area (Å²) in [6, 6.07) is 6.87. The first-order chi connectivity index (χ1) is 10.7. The molecule has 0 atom stereocenters. The molecule has 1 aromatic rings. The lowest BCUT2D eigenvalue weighted by atomic mass is 9.90. The van der Waals surface area contributed by atoms with Gasteiger partial charge in [0.1, 0.15) is 5.82 Å². The van der Waals surface area contributed by atoms with Crippen LogP contribution < -0.4 is 5.32 Å². The average Bonchev–Trinajstić information content (AvgIpc) is 3.32. The molecule has 1 N–H and O–H groups in total. The maximum Gasteiger partial charge on any atom is 0.236 e. The quantitative estimate of drug-likeness (QED) is 0.876. The highest BCUT2D eigenvalue weighted by Gasteiger charge is 2.24. The van der Waals surface area contributed by atoms with Crippen LogP contribution in [0, 0.1) is 17.7 Å². The number of hydrogen-bond donors (Lipinski definition) is 1. The van der Waals surface area contributed by atoms with Crippen LogP contribution in [0.3, 0.4) is 0 Å². The van der Waals surface area contributed by atoms with Gasteiger partial charge in [-0.1, -0.05) is 12.1 Å². The largest absolute Gasteiger partial charge is 0.342 e. The number of rotatable bonds is 6. The third-order valence-corrected chi connectivity index (χ3v) is 4.79. The molecule has 22 heavy (non-hydrogen) atoms. The molecule has 1 saturated carbocycles. The van der Waals surface area contributed by atoms with E-state index < -0.39 is 0 Å². The Morgan fingerprint density at radius 2 is 1.95 bits per heavy atom. The Morgan fingerprint density at radius 1 is 1.18 bits per heavy atom. The van der Waals surface area contributed by atoms with Crippen molar-refractivity contribution in [1.82, 2.24) is 10.2 Å². The van der Waals surface area contributed by atoms with Crippen molar-refractivity contribution in [3.63, 3.8) is 0 Å². The van der Waals surface area contributed by atoms with Crippen molar-refractivity contribution in [2.24, 2.45) is 11.8 Å². The van der Waals surface area contributed by atoms with E-state index >= 15 is 0 Å². The lowest BCUT2D eigenvalue weighted by Gasteiger charge is -2.32. The number of carbonyl (C=O) groups excluding carboxylic acids is 1. The predicted molar refractivity (Wildman–Crippen MR) is 85.0 cm³/mol. The van der Waals surface area contributed by atoms with Crippen molar-refractivity contribution in [2.45, 2.75) is 32.1 Å². The van der Waals surface area contributed by atoms with E-state index in [2.05, 4.69) is 5.32 Å². The molecular formula is C18H25FN2O. The summed E-state index contributed by atoms with van der Waals surface area (Å²) in [4.78, 5) is 14.1. The Hall–Kier alpha value is -1.42. The lowest BCUT2D eigenvalue weighted by Crippen LogP contribution is -2.43. The van der Waals surface area contributed by atoms with Crippen LogP contribution in [-0.4, -0.2) is 37.0 Å². The molecule has 1 saturated heterocycles. The molecule has 0 spiro atoms. The molecule has 0 unspecified atom stereocenters. The molecule has 3 nitrogen and oxygen atoms in total. The second-order valence-corrected chi connectivity index (χ2v) is 6.73. The van der Waals surface area contributed by atoms with Gasteiger partial charge in [-0.15, -0.1) is 0 Å². The Morgan fingerprint density at radius 3 is 2.64 bits per heavy atom. The van der Waals surface area contributed by atoms with Gasteiger partial charge in [-0.05, 0) is 68.2 Å². The van der Waals surface area contributed by atoms with Gasteiger partial charge in [0.05, 0.1) is 6.54 Å². The Balaban J connectivity index is 1.38. The van der Waals surface area contributed by atoms with Gasteiger partial charge >= 0.3 is 0 Å². The number of halogens is 1. The summed E-state index contributed by atoms with van der Waals surface area (Å²) in [5.41, 5.74) is 1.07. The first kappa shape index (κ1) is 15.5. The number of amides is 1. The van der Waals surface area contributed by atoms with Crippen molar-refractivity contribution >= 4 is 5.91 Å². The minimum absolute atomic E-state index is 0.160. The first-order valence-corrected chi connectivity index (χ1v) is 8.43. The van der Waals surface area contributed by atoms with Gasteiger partial charge in [0.15, 0.2) is 0 Å². The highest BCUT2D eigenvalue weighted by Crippen LogP contribution is 2.27. The second-order valence-electron chi connectivity index (χ2n) is 6.73. The van der Waals surface area contributed by atoms with Crippen LogP contribution in [0.5, 0.6) is 0 Å². The monoisotopic (exact) mass is 304 g/mol. The third-order valence-electron chi connectivity index (χ3n) is 4.79. The Kier molecular flexibility index (Phi) is 5.08. The average molecular weight is 304 g/mol. The van der Waals surface area contributed by atoms with Gasteiger partial charge in [0.25, 0.3) is 0 Å². The van der Waals surface area contributed by atoms with Crippen molar-refractivity contribution in [3.8, 4) is 0 Å². The zero-order chi connectivity index (χ0) is 15.4. The summed E-state index contributed by atoms with van der Waals surface area (Å²) in [6.07, 6.45) is 5.58. The number of benzene rings is 1. The van der Waals surface area contributed by atoms with E-state index in [1.807, 2.05) is 11.0 Å². The maximum atomic E-state index is 13.2. The number of carbonyl (C=O) groups is 1. The molecule has 2 aliphatic rings. The maximum absolute atomic E-state index is 13.2. The Bertz CT molecular complexity index is 508. The molecular weight excluding hydrogens is 279 g/mol. The summed E-state index contributed by atoms with van der Waals surface area (Å²) in [6.45, 7) is 3.14. The fourth-order valence-electron chi connectivity index (χ4n) is 3.20. The van der Waals surface area contributed by atoms with Crippen molar-refractivity contribution in [3.05, 3.63) is 35.6 Å². The van der Waals surface area contributed by atoms with E-state index in [9.17, 15) is 9.18 Å². The van der Waals surface area contributed by atoms with E-state index in [1.54, 1.807) is 12.1 Å². The van der Waals surface area contributed by atoms with Crippen LogP contribution in [0.25, 0.3) is 0 Å². The standard InChI is InChI=1S/C18H25FN2O/c19-17-3-1-2-16(11-17)10-14-6-8-21(9-7-14)18(22)13-20-12-15-4-5-15/h1-3,11,14-15,20H,4-10,12-13H2. The minimum Gasteiger partial charge on any atom is -0.342 e. The summed E-state index contributed by atoms with van der Waals surface area (Å²) < 4.78 is 13.2. The van der Waals surface area contributed by atoms with Crippen LogP contribution in [-0.2, 0) is 11.2 Å². The molecule has 1 aliphatic heterocycles. The fourth-order valence-corrected chi connectivity index (χ4v) is 3.20. The number of nitrogens with one attached hydrogen (secondary N) is 1. The molecule has 4 heteroatoms. The van der Waals surface area contributed by atoms with Crippen molar-refractivity contribution in [1.29, 1.82) is 0 Å². The van der Waals surface area contributed by atoms with Gasteiger partial charge in [0, 0.05) is 13.1 Å².